The van der Waals surface area contributed by atoms with Crippen molar-refractivity contribution in [3.8, 4) is 11.1 Å². The summed E-state index contributed by atoms with van der Waals surface area (Å²) < 4.78 is 11.1. The first kappa shape index (κ1) is 22.7. The summed E-state index contributed by atoms with van der Waals surface area (Å²) in [5.41, 5.74) is 3.32. The summed E-state index contributed by atoms with van der Waals surface area (Å²) >= 11 is 0. The molecule has 3 aromatic rings. The Hall–Kier alpha value is -4.07. The van der Waals surface area contributed by atoms with Crippen LogP contribution >= 0.6 is 0 Å². The number of carbonyl (C=O) groups excluding carboxylic acids is 2. The van der Waals surface area contributed by atoms with E-state index < -0.39 is 23.5 Å². The number of carboxylic acid groups (broad SMARTS) is 1. The molecular formula is C27H26N2O6. The van der Waals surface area contributed by atoms with Gasteiger partial charge in [-0.3, -0.25) is 4.79 Å². The van der Waals surface area contributed by atoms with Gasteiger partial charge < -0.3 is 24.5 Å². The summed E-state index contributed by atoms with van der Waals surface area (Å²) in [6, 6.07) is 19.3. The van der Waals surface area contributed by atoms with Gasteiger partial charge in [0.15, 0.2) is 5.76 Å². The number of hydrogen-bond donors (Lipinski definition) is 2. The number of nitrogens with one attached hydrogen (secondary N) is 1. The Labute approximate surface area is 202 Å². The van der Waals surface area contributed by atoms with Crippen molar-refractivity contribution in [2.75, 3.05) is 13.2 Å². The number of furan rings is 1. The molecule has 8 heteroatoms. The fourth-order valence-electron chi connectivity index (χ4n) is 5.04. The van der Waals surface area contributed by atoms with Crippen LogP contribution in [0.25, 0.3) is 11.1 Å². The molecule has 0 spiro atoms. The molecule has 1 aromatic heterocycles. The molecule has 2 heterocycles. The maximum atomic E-state index is 12.8. The lowest BCUT2D eigenvalue weighted by molar-refractivity contribution is -0.147. The first-order chi connectivity index (χ1) is 16.9. The summed E-state index contributed by atoms with van der Waals surface area (Å²) in [5.74, 6) is -1.13. The van der Waals surface area contributed by atoms with Crippen LogP contribution in [0, 0.1) is 0 Å². The zero-order valence-electron chi connectivity index (χ0n) is 19.3. The molecule has 1 atom stereocenters. The molecule has 2 aliphatic rings. The Balaban J connectivity index is 1.18. The van der Waals surface area contributed by atoms with E-state index in [0.29, 0.717) is 25.1 Å². The second-order valence-corrected chi connectivity index (χ2v) is 9.08. The Morgan fingerprint density at radius 2 is 1.71 bits per heavy atom. The number of amides is 2. The summed E-state index contributed by atoms with van der Waals surface area (Å²) in [5, 5.41) is 12.2. The number of benzene rings is 2. The number of hydrogen-bond acceptors (Lipinski definition) is 5. The molecule has 1 aliphatic carbocycles. The van der Waals surface area contributed by atoms with E-state index in [4.69, 9.17) is 9.15 Å². The summed E-state index contributed by atoms with van der Waals surface area (Å²) in [6.45, 7) is 2.14. The molecule has 2 aromatic carbocycles. The second-order valence-electron chi connectivity index (χ2n) is 9.08. The second kappa shape index (κ2) is 8.94. The summed E-state index contributed by atoms with van der Waals surface area (Å²) in [4.78, 5) is 38.2. The predicted octanol–water partition coefficient (Wildman–Crippen LogP) is 4.40. The van der Waals surface area contributed by atoms with Crippen LogP contribution in [0.15, 0.2) is 65.1 Å². The van der Waals surface area contributed by atoms with Crippen molar-refractivity contribution < 1.29 is 28.6 Å². The molecule has 1 aliphatic heterocycles. The first-order valence-corrected chi connectivity index (χ1v) is 11.6. The number of fused-ring (bicyclic) bond motifs is 3. The maximum Gasteiger partial charge on any atom is 0.407 e. The molecule has 5 rings (SSSR count). The van der Waals surface area contributed by atoms with Crippen molar-refractivity contribution in [3.05, 3.63) is 83.3 Å². The van der Waals surface area contributed by atoms with E-state index in [1.165, 1.54) is 11.0 Å². The van der Waals surface area contributed by atoms with Gasteiger partial charge >= 0.3 is 12.1 Å². The van der Waals surface area contributed by atoms with Crippen LogP contribution in [0.1, 0.15) is 53.1 Å². The third-order valence-electron chi connectivity index (χ3n) is 6.97. The number of likely N-dealkylation sites (tertiary alicyclic amines) is 1. The van der Waals surface area contributed by atoms with Crippen molar-refractivity contribution in [2.45, 2.75) is 37.8 Å². The van der Waals surface area contributed by atoms with Crippen molar-refractivity contribution in [2.24, 2.45) is 0 Å². The molecule has 0 bridgehead atoms. The minimum atomic E-state index is -1.25. The van der Waals surface area contributed by atoms with Gasteiger partial charge in [-0.2, -0.15) is 0 Å². The van der Waals surface area contributed by atoms with Crippen molar-refractivity contribution in [1.29, 1.82) is 0 Å². The molecule has 2 N–H and O–H groups in total. The van der Waals surface area contributed by atoms with Gasteiger partial charge in [-0.15, -0.1) is 0 Å². The fourth-order valence-corrected chi connectivity index (χ4v) is 5.04. The van der Waals surface area contributed by atoms with Gasteiger partial charge in [0, 0.05) is 12.5 Å². The van der Waals surface area contributed by atoms with E-state index in [1.807, 2.05) is 24.3 Å². The minimum absolute atomic E-state index is 0.0370. The average Bonchev–Trinajstić information content (AvgIpc) is 3.57. The van der Waals surface area contributed by atoms with Crippen molar-refractivity contribution in [1.82, 2.24) is 10.2 Å². The SMILES string of the molecule is C[C@@]1(C(=O)O)CCCN1C(=O)c1ccc(CNC(=O)OCC2c3ccccc3-c3ccccc32)o1. The number of rotatable bonds is 6. The number of carbonyl (C=O) groups is 3. The van der Waals surface area contributed by atoms with E-state index in [-0.39, 0.29) is 24.8 Å². The highest BCUT2D eigenvalue weighted by Gasteiger charge is 2.46. The number of carboxylic acids is 1. The molecule has 8 nitrogen and oxygen atoms in total. The number of ether oxygens (including phenoxy) is 1. The molecule has 2 amide bonds. The smallest absolute Gasteiger partial charge is 0.407 e. The van der Waals surface area contributed by atoms with Gasteiger partial charge in [0.05, 0.1) is 6.54 Å². The highest BCUT2D eigenvalue weighted by molar-refractivity contribution is 5.96. The quantitative estimate of drug-likeness (QED) is 0.548. The van der Waals surface area contributed by atoms with Crippen LogP contribution in [-0.2, 0) is 16.1 Å². The Morgan fingerprint density at radius 3 is 2.37 bits per heavy atom. The van der Waals surface area contributed by atoms with Crippen LogP contribution in [0.5, 0.6) is 0 Å². The van der Waals surface area contributed by atoms with Gasteiger partial charge in [0.25, 0.3) is 5.91 Å². The Morgan fingerprint density at radius 1 is 1.06 bits per heavy atom. The van der Waals surface area contributed by atoms with Gasteiger partial charge in [-0.25, -0.2) is 9.59 Å². The van der Waals surface area contributed by atoms with E-state index in [9.17, 15) is 19.5 Å². The predicted molar refractivity (Wildman–Crippen MR) is 127 cm³/mol. The number of nitrogens with zero attached hydrogens (tertiary/aromatic N) is 1. The number of alkyl carbamates (subject to hydrolysis) is 1. The Kier molecular flexibility index (Phi) is 5.80. The third-order valence-corrected chi connectivity index (χ3v) is 6.97. The van der Waals surface area contributed by atoms with Crippen LogP contribution in [-0.4, -0.2) is 46.7 Å². The van der Waals surface area contributed by atoms with Gasteiger partial charge in [0.2, 0.25) is 0 Å². The zero-order chi connectivity index (χ0) is 24.6. The first-order valence-electron chi connectivity index (χ1n) is 11.6. The van der Waals surface area contributed by atoms with E-state index in [2.05, 4.69) is 29.6 Å². The normalized spacial score (nSPS) is 18.7. The van der Waals surface area contributed by atoms with Crippen LogP contribution < -0.4 is 5.32 Å². The minimum Gasteiger partial charge on any atom is -0.480 e. The molecule has 0 unspecified atom stereocenters. The standard InChI is InChI=1S/C27H26N2O6/c1-27(25(31)32)13-6-14-29(27)24(30)23-12-11-17(35-23)15-28-26(33)34-16-22-20-9-4-2-7-18(20)19-8-3-5-10-21(19)22/h2-5,7-12,22H,6,13-16H2,1H3,(H,28,33)(H,31,32)/t27-/m0/s1. The lowest BCUT2D eigenvalue weighted by Crippen LogP contribution is -2.50. The summed E-state index contributed by atoms with van der Waals surface area (Å²) in [6.07, 6.45) is 0.422. The Bertz CT molecular complexity index is 1250. The largest absolute Gasteiger partial charge is 0.480 e. The molecular weight excluding hydrogens is 448 g/mol. The lowest BCUT2D eigenvalue weighted by Gasteiger charge is -2.30. The van der Waals surface area contributed by atoms with Crippen LogP contribution in [0.4, 0.5) is 4.79 Å². The van der Waals surface area contributed by atoms with Gasteiger partial charge in [-0.1, -0.05) is 48.5 Å². The maximum absolute atomic E-state index is 12.8. The topological polar surface area (TPSA) is 109 Å². The number of aliphatic carboxylic acids is 1. The van der Waals surface area contributed by atoms with E-state index in [0.717, 1.165) is 22.3 Å². The molecule has 35 heavy (non-hydrogen) atoms. The third kappa shape index (κ3) is 4.05. The molecule has 1 saturated heterocycles. The van der Waals surface area contributed by atoms with Crippen LogP contribution in [0.3, 0.4) is 0 Å². The highest BCUT2D eigenvalue weighted by atomic mass is 16.5. The molecule has 1 fully saturated rings. The highest BCUT2D eigenvalue weighted by Crippen LogP contribution is 2.44. The molecule has 0 radical (unpaired) electrons. The van der Waals surface area contributed by atoms with E-state index in [1.54, 1.807) is 13.0 Å². The van der Waals surface area contributed by atoms with Gasteiger partial charge in [-0.05, 0) is 54.2 Å². The monoisotopic (exact) mass is 474 g/mol. The van der Waals surface area contributed by atoms with Crippen LogP contribution in [0.2, 0.25) is 0 Å². The lowest BCUT2D eigenvalue weighted by atomic mass is 9.98. The molecule has 0 saturated carbocycles. The van der Waals surface area contributed by atoms with Gasteiger partial charge in [0.1, 0.15) is 17.9 Å². The van der Waals surface area contributed by atoms with Crippen molar-refractivity contribution >= 4 is 18.0 Å². The fraction of sp³-hybridized carbons (Fsp3) is 0.296. The summed E-state index contributed by atoms with van der Waals surface area (Å²) in [7, 11) is 0. The molecule has 180 valence electrons. The van der Waals surface area contributed by atoms with Crippen molar-refractivity contribution in [3.63, 3.8) is 0 Å². The van der Waals surface area contributed by atoms with E-state index >= 15 is 0 Å². The average molecular weight is 475 g/mol. The zero-order valence-corrected chi connectivity index (χ0v) is 19.3.